The lowest BCUT2D eigenvalue weighted by atomic mass is 9.84. The molecule has 0 saturated heterocycles. The van der Waals surface area contributed by atoms with Crippen molar-refractivity contribution in [1.29, 1.82) is 0 Å². The smallest absolute Gasteiger partial charge is 0.119 e. The second-order valence-corrected chi connectivity index (χ2v) is 7.84. The van der Waals surface area contributed by atoms with Crippen LogP contribution in [0.3, 0.4) is 0 Å². The van der Waals surface area contributed by atoms with E-state index in [0.717, 1.165) is 41.7 Å². The molecule has 0 unspecified atom stereocenters. The molecule has 3 rings (SSSR count). The fraction of sp³-hybridized carbons (Fsp3) is 0.269. The minimum Gasteiger partial charge on any atom is -0.508 e. The first-order valence-corrected chi connectivity index (χ1v) is 11.4. The molecule has 29 heavy (non-hydrogen) atoms. The Bertz CT molecular complexity index is 771. The van der Waals surface area contributed by atoms with Crippen LogP contribution in [0.15, 0.2) is 54.1 Å². The number of benzene rings is 2. The van der Waals surface area contributed by atoms with Crippen LogP contribution < -0.4 is 4.74 Å². The number of rotatable bonds is 10. The van der Waals surface area contributed by atoms with Crippen molar-refractivity contribution in [3.8, 4) is 11.5 Å². The SMILES string of the molecule is CC/C([C]1[CH][CH][CH][CH]1)=C(/c1ccc(O)cc1)c1ccc(OCCCCCBr)cc1. The van der Waals surface area contributed by atoms with Gasteiger partial charge in [0, 0.05) is 11.2 Å². The standard InChI is InChI=1S/C26H28BrO2/c1-2-25(20-8-4-5-9-20)26(21-10-14-23(28)15-11-21)22-12-16-24(17-13-22)29-19-7-3-6-18-27/h4-5,8-17,28H,2-3,6-7,18-19H2,1H3/b26-25+. The molecule has 2 nitrogen and oxygen atoms in total. The molecular weight excluding hydrogens is 424 g/mol. The number of phenolic OH excluding ortho intramolecular Hbond substituents is 1. The molecule has 0 bridgehead atoms. The van der Waals surface area contributed by atoms with E-state index in [1.54, 1.807) is 12.1 Å². The first kappa shape index (κ1) is 22.0. The Morgan fingerprint density at radius 3 is 2.07 bits per heavy atom. The molecule has 2 aromatic rings. The minimum atomic E-state index is 0.281. The monoisotopic (exact) mass is 451 g/mol. The third-order valence-electron chi connectivity index (χ3n) is 5.01. The molecule has 3 heteroatoms. The van der Waals surface area contributed by atoms with Crippen LogP contribution in [0.2, 0.25) is 0 Å². The first-order chi connectivity index (χ1) is 14.2. The van der Waals surface area contributed by atoms with Crippen molar-refractivity contribution in [2.24, 2.45) is 0 Å². The fourth-order valence-corrected chi connectivity index (χ4v) is 3.92. The predicted octanol–water partition coefficient (Wildman–Crippen LogP) is 6.95. The maximum atomic E-state index is 9.73. The van der Waals surface area contributed by atoms with E-state index in [1.165, 1.54) is 29.9 Å². The van der Waals surface area contributed by atoms with E-state index in [-0.39, 0.29) is 5.75 Å². The van der Waals surface area contributed by atoms with Gasteiger partial charge in [-0.15, -0.1) is 0 Å². The predicted molar refractivity (Wildman–Crippen MR) is 124 cm³/mol. The Balaban J connectivity index is 1.85. The van der Waals surface area contributed by atoms with Crippen LogP contribution in [0.4, 0.5) is 0 Å². The second-order valence-electron chi connectivity index (χ2n) is 7.05. The number of ether oxygens (including phenoxy) is 1. The third kappa shape index (κ3) is 6.12. The lowest BCUT2D eigenvalue weighted by Gasteiger charge is -2.20. The molecule has 1 N–H and O–H groups in total. The number of hydrogen-bond acceptors (Lipinski definition) is 2. The van der Waals surface area contributed by atoms with E-state index >= 15 is 0 Å². The lowest BCUT2D eigenvalue weighted by molar-refractivity contribution is 0.306. The van der Waals surface area contributed by atoms with Gasteiger partial charge in [0.2, 0.25) is 0 Å². The average Bonchev–Trinajstić information content (AvgIpc) is 3.28. The van der Waals surface area contributed by atoms with E-state index < -0.39 is 0 Å². The first-order valence-electron chi connectivity index (χ1n) is 10.3. The van der Waals surface area contributed by atoms with E-state index in [2.05, 4.69) is 72.8 Å². The van der Waals surface area contributed by atoms with Gasteiger partial charge in [0.15, 0.2) is 0 Å². The molecule has 0 atom stereocenters. The topological polar surface area (TPSA) is 29.5 Å². The normalized spacial score (nSPS) is 15.4. The van der Waals surface area contributed by atoms with Crippen molar-refractivity contribution in [3.63, 3.8) is 0 Å². The van der Waals surface area contributed by atoms with Gasteiger partial charge in [0.1, 0.15) is 11.5 Å². The summed E-state index contributed by atoms with van der Waals surface area (Å²) in [5.41, 5.74) is 4.75. The zero-order valence-electron chi connectivity index (χ0n) is 16.9. The van der Waals surface area contributed by atoms with Gasteiger partial charge < -0.3 is 9.84 Å². The highest BCUT2D eigenvalue weighted by Crippen LogP contribution is 2.40. The number of unbranched alkanes of at least 4 members (excludes halogenated alkanes) is 2. The molecule has 0 heterocycles. The zero-order chi connectivity index (χ0) is 20.5. The van der Waals surface area contributed by atoms with Gasteiger partial charge in [-0.3, -0.25) is 0 Å². The molecule has 0 amide bonds. The van der Waals surface area contributed by atoms with Gasteiger partial charge >= 0.3 is 0 Å². The van der Waals surface area contributed by atoms with E-state index in [4.69, 9.17) is 4.74 Å². The summed E-state index contributed by atoms with van der Waals surface area (Å²) in [6.07, 6.45) is 12.8. The quantitative estimate of drug-likeness (QED) is 0.312. The van der Waals surface area contributed by atoms with Crippen LogP contribution >= 0.6 is 15.9 Å². The Kier molecular flexibility index (Phi) is 8.67. The molecular formula is C26H28BrO2. The summed E-state index contributed by atoms with van der Waals surface area (Å²) in [7, 11) is 0. The largest absolute Gasteiger partial charge is 0.508 e. The van der Waals surface area contributed by atoms with Crippen LogP contribution in [0, 0.1) is 31.6 Å². The second kappa shape index (κ2) is 11.4. The highest BCUT2D eigenvalue weighted by molar-refractivity contribution is 9.09. The van der Waals surface area contributed by atoms with E-state index in [9.17, 15) is 5.11 Å². The number of phenols is 1. The van der Waals surface area contributed by atoms with Crippen molar-refractivity contribution in [1.82, 2.24) is 0 Å². The molecule has 0 spiro atoms. The van der Waals surface area contributed by atoms with Gasteiger partial charge in [-0.2, -0.15) is 0 Å². The zero-order valence-corrected chi connectivity index (χ0v) is 18.5. The summed E-state index contributed by atoms with van der Waals surface area (Å²) in [6, 6.07) is 15.8. The van der Waals surface area contributed by atoms with Gasteiger partial charge in [0.25, 0.3) is 0 Å². The highest BCUT2D eigenvalue weighted by Gasteiger charge is 2.24. The highest BCUT2D eigenvalue weighted by atomic mass is 79.9. The summed E-state index contributed by atoms with van der Waals surface area (Å²) in [6.45, 7) is 2.94. The Morgan fingerprint density at radius 1 is 0.862 bits per heavy atom. The van der Waals surface area contributed by atoms with Crippen LogP contribution in [-0.2, 0) is 0 Å². The number of allylic oxidation sites excluding steroid dienone is 1. The summed E-state index contributed by atoms with van der Waals surface area (Å²) < 4.78 is 5.90. The number of aromatic hydroxyl groups is 1. The van der Waals surface area contributed by atoms with E-state index in [1.807, 2.05) is 12.1 Å². The van der Waals surface area contributed by atoms with Gasteiger partial charge in [-0.25, -0.2) is 0 Å². The van der Waals surface area contributed by atoms with Gasteiger partial charge in [0.05, 0.1) is 6.61 Å². The lowest BCUT2D eigenvalue weighted by Crippen LogP contribution is -2.03. The molecule has 1 saturated carbocycles. The van der Waals surface area contributed by atoms with Crippen LogP contribution in [0.1, 0.15) is 43.7 Å². The Labute approximate surface area is 184 Å². The van der Waals surface area contributed by atoms with Gasteiger partial charge in [-0.1, -0.05) is 52.7 Å². The molecule has 1 aliphatic rings. The maximum Gasteiger partial charge on any atom is 0.119 e. The summed E-state index contributed by atoms with van der Waals surface area (Å²) in [5.74, 6) is 2.43. The number of halogens is 1. The molecule has 151 valence electrons. The fourth-order valence-electron chi connectivity index (χ4n) is 3.52. The van der Waals surface area contributed by atoms with Crippen LogP contribution in [0.25, 0.3) is 5.57 Å². The van der Waals surface area contributed by atoms with Crippen molar-refractivity contribution in [3.05, 3.63) is 96.8 Å². The van der Waals surface area contributed by atoms with Crippen molar-refractivity contribution in [2.75, 3.05) is 11.9 Å². The van der Waals surface area contributed by atoms with Crippen LogP contribution in [-0.4, -0.2) is 17.0 Å². The molecule has 0 aromatic heterocycles. The summed E-state index contributed by atoms with van der Waals surface area (Å²) >= 11 is 3.46. The molecule has 0 aliphatic heterocycles. The van der Waals surface area contributed by atoms with Crippen molar-refractivity contribution >= 4 is 21.5 Å². The Hall–Kier alpha value is -1.74. The third-order valence-corrected chi connectivity index (χ3v) is 5.57. The number of alkyl halides is 1. The molecule has 5 radical (unpaired) electrons. The average molecular weight is 452 g/mol. The van der Waals surface area contributed by atoms with Crippen LogP contribution in [0.5, 0.6) is 11.5 Å². The Morgan fingerprint density at radius 2 is 1.48 bits per heavy atom. The van der Waals surface area contributed by atoms with Crippen molar-refractivity contribution in [2.45, 2.75) is 32.6 Å². The maximum absolute atomic E-state index is 9.73. The molecule has 1 fully saturated rings. The summed E-state index contributed by atoms with van der Waals surface area (Å²) in [4.78, 5) is 0. The van der Waals surface area contributed by atoms with Gasteiger partial charge in [-0.05, 0) is 92.3 Å². The molecule has 1 aliphatic carbocycles. The van der Waals surface area contributed by atoms with E-state index in [0.29, 0.717) is 0 Å². The molecule has 2 aromatic carbocycles. The van der Waals surface area contributed by atoms with Crippen molar-refractivity contribution < 1.29 is 9.84 Å². The summed E-state index contributed by atoms with van der Waals surface area (Å²) in [5, 5.41) is 10.8. The minimum absolute atomic E-state index is 0.281. The number of hydrogen-bond donors (Lipinski definition) is 1.